The molecule has 0 heterocycles. The minimum atomic E-state index is -0.630. The zero-order valence-electron chi connectivity index (χ0n) is 19.3. The summed E-state index contributed by atoms with van der Waals surface area (Å²) < 4.78 is 21.7. The third-order valence-corrected chi connectivity index (χ3v) is 4.81. The van der Waals surface area contributed by atoms with E-state index in [1.807, 2.05) is 62.4 Å². The van der Waals surface area contributed by atoms with Gasteiger partial charge in [0.2, 0.25) is 12.6 Å². The Morgan fingerprint density at radius 3 is 1.39 bits per heavy atom. The molecule has 0 saturated carbocycles. The van der Waals surface area contributed by atoms with Crippen molar-refractivity contribution in [2.24, 2.45) is 0 Å². The first-order chi connectivity index (χ1) is 16.0. The van der Waals surface area contributed by atoms with Crippen LogP contribution in [0.4, 0.5) is 0 Å². The normalized spacial score (nSPS) is 12.2. The van der Waals surface area contributed by atoms with Crippen molar-refractivity contribution in [3.8, 4) is 11.5 Å². The summed E-state index contributed by atoms with van der Waals surface area (Å²) in [5, 5.41) is 0. The highest BCUT2D eigenvalue weighted by Crippen LogP contribution is 2.19. The fraction of sp³-hybridized carbons (Fsp3) is 0.333. The molecular formula is C27H32O6. The van der Waals surface area contributed by atoms with Crippen LogP contribution in [0, 0.1) is 0 Å². The second-order valence-electron chi connectivity index (χ2n) is 7.33. The Morgan fingerprint density at radius 1 is 0.727 bits per heavy atom. The summed E-state index contributed by atoms with van der Waals surface area (Å²) in [6.45, 7) is 10.6. The van der Waals surface area contributed by atoms with Crippen LogP contribution in [0.2, 0.25) is 0 Å². The van der Waals surface area contributed by atoms with E-state index >= 15 is 0 Å². The van der Waals surface area contributed by atoms with Gasteiger partial charge in [0.1, 0.15) is 11.5 Å². The highest BCUT2D eigenvalue weighted by Gasteiger charge is 2.13. The number of rotatable bonds is 14. The van der Waals surface area contributed by atoms with Crippen LogP contribution in [-0.4, -0.2) is 24.5 Å². The molecule has 6 heteroatoms. The van der Waals surface area contributed by atoms with Gasteiger partial charge >= 0.3 is 11.9 Å². The Labute approximate surface area is 195 Å². The molecule has 2 aromatic rings. The van der Waals surface area contributed by atoms with Crippen LogP contribution >= 0.6 is 0 Å². The van der Waals surface area contributed by atoms with Gasteiger partial charge in [-0.25, -0.2) is 9.59 Å². The van der Waals surface area contributed by atoms with E-state index in [2.05, 4.69) is 13.2 Å². The average molecular weight is 453 g/mol. The molecule has 0 saturated heterocycles. The van der Waals surface area contributed by atoms with E-state index in [9.17, 15) is 9.59 Å². The number of hydrogen-bond donors (Lipinski definition) is 0. The third kappa shape index (κ3) is 9.23. The molecule has 0 aromatic heterocycles. The predicted molar refractivity (Wildman–Crippen MR) is 127 cm³/mol. The van der Waals surface area contributed by atoms with Gasteiger partial charge in [-0.2, -0.15) is 0 Å². The number of aryl methyl sites for hydroxylation is 2. The Morgan fingerprint density at radius 2 is 1.09 bits per heavy atom. The zero-order chi connectivity index (χ0) is 24.1. The summed E-state index contributed by atoms with van der Waals surface area (Å²) in [4.78, 5) is 22.7. The highest BCUT2D eigenvalue weighted by molar-refractivity contribution is 5.81. The lowest BCUT2D eigenvalue weighted by molar-refractivity contribution is -0.158. The monoisotopic (exact) mass is 452 g/mol. The molecule has 0 aliphatic rings. The van der Waals surface area contributed by atoms with Crippen molar-refractivity contribution in [3.63, 3.8) is 0 Å². The van der Waals surface area contributed by atoms with Crippen molar-refractivity contribution in [2.75, 3.05) is 0 Å². The van der Waals surface area contributed by atoms with Crippen LogP contribution in [0.25, 0.3) is 0 Å². The lowest BCUT2D eigenvalue weighted by Gasteiger charge is -2.17. The molecule has 0 amide bonds. The molecule has 0 radical (unpaired) electrons. The minimum Gasteiger partial charge on any atom is -0.455 e. The summed E-state index contributed by atoms with van der Waals surface area (Å²) in [7, 11) is 0. The summed E-state index contributed by atoms with van der Waals surface area (Å²) in [6.07, 6.45) is 4.92. The number of esters is 2. The van der Waals surface area contributed by atoms with E-state index in [0.29, 0.717) is 24.3 Å². The first-order valence-corrected chi connectivity index (χ1v) is 11.1. The second-order valence-corrected chi connectivity index (χ2v) is 7.33. The maximum Gasteiger partial charge on any atom is 0.333 e. The van der Waals surface area contributed by atoms with Crippen LogP contribution in [0.15, 0.2) is 73.8 Å². The Balaban J connectivity index is 1.79. The molecule has 0 bridgehead atoms. The van der Waals surface area contributed by atoms with E-state index in [1.54, 1.807) is 0 Å². The van der Waals surface area contributed by atoms with E-state index in [4.69, 9.17) is 18.9 Å². The molecule has 0 N–H and O–H groups in total. The highest BCUT2D eigenvalue weighted by atomic mass is 16.7. The Hall–Kier alpha value is -3.54. The van der Waals surface area contributed by atoms with E-state index in [0.717, 1.165) is 31.4 Å². The number of ether oxygens (including phenoxy) is 4. The van der Waals surface area contributed by atoms with Gasteiger partial charge in [-0.1, -0.05) is 51.3 Å². The first kappa shape index (κ1) is 25.7. The van der Waals surface area contributed by atoms with Gasteiger partial charge in [0, 0.05) is 25.0 Å². The maximum atomic E-state index is 11.3. The zero-order valence-corrected chi connectivity index (χ0v) is 19.3. The van der Waals surface area contributed by atoms with Gasteiger partial charge in [-0.15, -0.1) is 0 Å². The van der Waals surface area contributed by atoms with E-state index in [-0.39, 0.29) is 0 Å². The lowest BCUT2D eigenvalue weighted by atomic mass is 10.0. The van der Waals surface area contributed by atoms with E-state index in [1.165, 1.54) is 11.1 Å². The van der Waals surface area contributed by atoms with Crippen LogP contribution in [-0.2, 0) is 31.9 Å². The molecule has 2 atom stereocenters. The van der Waals surface area contributed by atoms with Crippen molar-refractivity contribution in [2.45, 2.75) is 58.5 Å². The van der Waals surface area contributed by atoms with Crippen LogP contribution < -0.4 is 9.47 Å². The molecule has 2 unspecified atom stereocenters. The smallest absolute Gasteiger partial charge is 0.333 e. The van der Waals surface area contributed by atoms with Gasteiger partial charge < -0.3 is 18.9 Å². The maximum absolute atomic E-state index is 11.3. The first-order valence-electron chi connectivity index (χ1n) is 11.1. The van der Waals surface area contributed by atoms with Gasteiger partial charge in [-0.3, -0.25) is 0 Å². The standard InChI is InChI=1S/C27H32O6/c1-5-24(28)32-26(7-3)30-22-16-12-20(13-17-22)10-9-11-21-14-18-23(19-15-21)31-27(8-4)33-25(29)6-2/h5-6,12-19,26-27H,1-2,7-11H2,3-4H3. The number of carbonyl (C=O) groups excluding carboxylic acids is 2. The molecule has 6 nitrogen and oxygen atoms in total. The summed E-state index contributed by atoms with van der Waals surface area (Å²) in [6, 6.07) is 15.6. The van der Waals surface area contributed by atoms with Gasteiger partial charge in [-0.05, 0) is 54.7 Å². The van der Waals surface area contributed by atoms with Gasteiger partial charge in [0.25, 0.3) is 0 Å². The van der Waals surface area contributed by atoms with Crippen molar-refractivity contribution < 1.29 is 28.5 Å². The fourth-order valence-electron chi connectivity index (χ4n) is 3.01. The Bertz CT molecular complexity index is 826. The molecule has 0 spiro atoms. The molecule has 176 valence electrons. The number of carbonyl (C=O) groups is 2. The molecule has 33 heavy (non-hydrogen) atoms. The SMILES string of the molecule is C=CC(=O)OC(CC)Oc1ccc(CCCc2ccc(OC(CC)OC(=O)C=C)cc2)cc1. The van der Waals surface area contributed by atoms with Gasteiger partial charge in [0.05, 0.1) is 0 Å². The fourth-order valence-corrected chi connectivity index (χ4v) is 3.01. The van der Waals surface area contributed by atoms with Crippen LogP contribution in [0.1, 0.15) is 44.2 Å². The van der Waals surface area contributed by atoms with E-state index < -0.39 is 24.5 Å². The number of hydrogen-bond acceptors (Lipinski definition) is 6. The molecule has 2 rings (SSSR count). The minimum absolute atomic E-state index is 0.501. The molecule has 0 aliphatic carbocycles. The molecule has 0 fully saturated rings. The summed E-state index contributed by atoms with van der Waals surface area (Å²) in [5.74, 6) is 0.308. The summed E-state index contributed by atoms with van der Waals surface area (Å²) >= 11 is 0. The predicted octanol–water partition coefficient (Wildman–Crippen LogP) is 5.55. The number of benzene rings is 2. The molecular weight excluding hydrogens is 420 g/mol. The molecule has 0 aliphatic heterocycles. The van der Waals surface area contributed by atoms with Crippen molar-refractivity contribution in [1.29, 1.82) is 0 Å². The van der Waals surface area contributed by atoms with Crippen molar-refractivity contribution >= 4 is 11.9 Å². The largest absolute Gasteiger partial charge is 0.455 e. The lowest BCUT2D eigenvalue weighted by Crippen LogP contribution is -2.22. The van der Waals surface area contributed by atoms with Crippen LogP contribution in [0.5, 0.6) is 11.5 Å². The van der Waals surface area contributed by atoms with Crippen molar-refractivity contribution in [3.05, 3.63) is 85.0 Å². The van der Waals surface area contributed by atoms with Crippen molar-refractivity contribution in [1.82, 2.24) is 0 Å². The average Bonchev–Trinajstić information content (AvgIpc) is 2.84. The van der Waals surface area contributed by atoms with Gasteiger partial charge in [0.15, 0.2) is 0 Å². The quantitative estimate of drug-likeness (QED) is 0.213. The molecule has 2 aromatic carbocycles. The topological polar surface area (TPSA) is 71.1 Å². The second kappa shape index (κ2) is 13.8. The Kier molecular flexibility index (Phi) is 10.7. The van der Waals surface area contributed by atoms with Crippen LogP contribution in [0.3, 0.4) is 0 Å². The third-order valence-electron chi connectivity index (χ3n) is 4.81. The summed E-state index contributed by atoms with van der Waals surface area (Å²) in [5.41, 5.74) is 2.40.